The highest BCUT2D eigenvalue weighted by Crippen LogP contribution is 2.52. The molecule has 2 saturated heterocycles. The van der Waals surface area contributed by atoms with E-state index >= 15 is 0 Å². The van der Waals surface area contributed by atoms with Gasteiger partial charge in [-0.1, -0.05) is 6.07 Å². The number of rotatable bonds is 11. The fourth-order valence-electron chi connectivity index (χ4n) is 5.76. The Balaban J connectivity index is 1.33. The van der Waals surface area contributed by atoms with E-state index in [2.05, 4.69) is 0 Å². The van der Waals surface area contributed by atoms with Crippen molar-refractivity contribution in [1.29, 1.82) is 0 Å². The minimum atomic E-state index is -1.27. The van der Waals surface area contributed by atoms with E-state index in [1.165, 1.54) is 33.5 Å². The molecule has 226 valence electrons. The van der Waals surface area contributed by atoms with E-state index in [1.54, 1.807) is 31.4 Å². The van der Waals surface area contributed by atoms with Gasteiger partial charge in [-0.05, 0) is 47.5 Å². The zero-order chi connectivity index (χ0) is 30.0. The average Bonchev–Trinajstić information content (AvgIpc) is 3.62. The number of ether oxygens (including phenoxy) is 7. The van der Waals surface area contributed by atoms with Crippen molar-refractivity contribution in [2.75, 3.05) is 48.3 Å². The van der Waals surface area contributed by atoms with Crippen LogP contribution in [0.2, 0.25) is 0 Å². The Morgan fingerprint density at radius 1 is 0.762 bits per heavy atom. The van der Waals surface area contributed by atoms with Crippen LogP contribution in [0.4, 0.5) is 0 Å². The highest BCUT2D eigenvalue weighted by Gasteiger charge is 2.49. The summed E-state index contributed by atoms with van der Waals surface area (Å²) in [5, 5.41) is 41.3. The van der Waals surface area contributed by atoms with Crippen LogP contribution in [0.1, 0.15) is 35.0 Å². The molecule has 0 aliphatic carbocycles. The molecule has 3 aromatic carbocycles. The molecule has 0 radical (unpaired) electrons. The fourth-order valence-corrected chi connectivity index (χ4v) is 5.76. The van der Waals surface area contributed by atoms with E-state index < -0.39 is 18.8 Å². The number of fused-ring (bicyclic) bond motifs is 1. The standard InChI is InChI=1S/C31H36O11/c1-36-23-12-18(42-27(13-32)28(34)17-10-25(38-3)29(35)26(11-17)39-4)6-7-19(23)31-21-15-40-30(20(21)14-41-31)16-5-8-22(33)24(9-16)37-2/h5-12,20-21,27-28,30-35H,13-15H2,1-4H3/t20-,21-,27-,28-,30+,31+/m1/s1. The van der Waals surface area contributed by atoms with Crippen molar-refractivity contribution in [2.24, 2.45) is 11.8 Å². The van der Waals surface area contributed by atoms with Crippen molar-refractivity contribution >= 4 is 0 Å². The van der Waals surface area contributed by atoms with Crippen molar-refractivity contribution in [2.45, 2.75) is 24.4 Å². The fraction of sp³-hybridized carbons (Fsp3) is 0.419. The molecule has 0 bridgehead atoms. The summed E-state index contributed by atoms with van der Waals surface area (Å²) in [4.78, 5) is 0. The van der Waals surface area contributed by atoms with Crippen LogP contribution in [-0.4, -0.2) is 74.8 Å². The zero-order valence-corrected chi connectivity index (χ0v) is 23.9. The van der Waals surface area contributed by atoms with Crippen molar-refractivity contribution in [1.82, 2.24) is 0 Å². The summed E-state index contributed by atoms with van der Waals surface area (Å²) in [6, 6.07) is 13.4. The van der Waals surface area contributed by atoms with Crippen LogP contribution in [-0.2, 0) is 9.47 Å². The van der Waals surface area contributed by atoms with E-state index in [9.17, 15) is 20.4 Å². The van der Waals surface area contributed by atoms with E-state index in [1.807, 2.05) is 12.1 Å². The largest absolute Gasteiger partial charge is 0.504 e. The summed E-state index contributed by atoms with van der Waals surface area (Å²) >= 11 is 0. The van der Waals surface area contributed by atoms with E-state index in [0.29, 0.717) is 36.0 Å². The van der Waals surface area contributed by atoms with Crippen LogP contribution in [0.3, 0.4) is 0 Å². The van der Waals surface area contributed by atoms with E-state index in [4.69, 9.17) is 33.2 Å². The molecule has 4 N–H and O–H groups in total. The maximum absolute atomic E-state index is 11.0. The van der Waals surface area contributed by atoms with Gasteiger partial charge in [-0.15, -0.1) is 0 Å². The normalized spacial score (nSPS) is 22.7. The number of methoxy groups -OCH3 is 4. The zero-order valence-electron chi connectivity index (χ0n) is 23.9. The maximum atomic E-state index is 11.0. The molecule has 0 spiro atoms. The second-order valence-corrected chi connectivity index (χ2v) is 10.2. The van der Waals surface area contributed by atoms with Crippen LogP contribution in [0.15, 0.2) is 48.5 Å². The lowest BCUT2D eigenvalue weighted by Gasteiger charge is -2.25. The summed E-state index contributed by atoms with van der Waals surface area (Å²) in [6.45, 7) is 0.485. The predicted molar refractivity (Wildman–Crippen MR) is 150 cm³/mol. The third-order valence-corrected chi connectivity index (χ3v) is 7.97. The van der Waals surface area contributed by atoms with Crippen LogP contribution in [0, 0.1) is 11.8 Å². The molecule has 2 aliphatic heterocycles. The Kier molecular flexibility index (Phi) is 8.83. The van der Waals surface area contributed by atoms with E-state index in [-0.39, 0.29) is 47.0 Å². The Morgan fingerprint density at radius 3 is 2.00 bits per heavy atom. The third kappa shape index (κ3) is 5.48. The van der Waals surface area contributed by atoms with Gasteiger partial charge in [0.25, 0.3) is 0 Å². The average molecular weight is 585 g/mol. The second-order valence-electron chi connectivity index (χ2n) is 10.2. The van der Waals surface area contributed by atoms with Crippen molar-refractivity contribution < 1.29 is 53.6 Å². The van der Waals surface area contributed by atoms with Gasteiger partial charge in [0, 0.05) is 23.5 Å². The van der Waals surface area contributed by atoms with Gasteiger partial charge in [0.05, 0.1) is 60.5 Å². The Bertz CT molecular complexity index is 1370. The third-order valence-electron chi connectivity index (χ3n) is 7.97. The van der Waals surface area contributed by atoms with Crippen molar-refractivity contribution in [3.8, 4) is 40.2 Å². The van der Waals surface area contributed by atoms with Crippen molar-refractivity contribution in [3.05, 3.63) is 65.2 Å². The summed E-state index contributed by atoms with van der Waals surface area (Å²) < 4.78 is 39.8. The number of aliphatic hydroxyl groups is 2. The highest BCUT2D eigenvalue weighted by atomic mass is 16.5. The molecule has 42 heavy (non-hydrogen) atoms. The molecule has 3 aromatic rings. The van der Waals surface area contributed by atoms with Gasteiger partial charge in [0.15, 0.2) is 29.1 Å². The summed E-state index contributed by atoms with van der Waals surface area (Å²) in [7, 11) is 5.84. The van der Waals surface area contributed by atoms with Gasteiger partial charge < -0.3 is 53.6 Å². The molecule has 0 amide bonds. The first kappa shape index (κ1) is 29.6. The lowest BCUT2D eigenvalue weighted by atomic mass is 9.84. The minimum absolute atomic E-state index is 0.0712. The Hall–Kier alpha value is -3.90. The molecule has 0 unspecified atom stereocenters. The smallest absolute Gasteiger partial charge is 0.200 e. The SMILES string of the molecule is COc1cc([C@@H]2OC[C@@H]3[C@H]2CO[C@H]3c2ccc(O[C@H](CO)[C@H](O)c3cc(OC)c(O)c(OC)c3)cc2OC)ccc1O. The molecule has 11 heteroatoms. The van der Waals surface area contributed by atoms with Gasteiger partial charge in [-0.3, -0.25) is 0 Å². The lowest BCUT2D eigenvalue weighted by Crippen LogP contribution is -2.29. The highest BCUT2D eigenvalue weighted by molar-refractivity contribution is 5.53. The molecule has 2 heterocycles. The minimum Gasteiger partial charge on any atom is -0.504 e. The van der Waals surface area contributed by atoms with Crippen LogP contribution >= 0.6 is 0 Å². The van der Waals surface area contributed by atoms with Gasteiger partial charge >= 0.3 is 0 Å². The van der Waals surface area contributed by atoms with Gasteiger partial charge in [0.2, 0.25) is 5.75 Å². The number of aromatic hydroxyl groups is 2. The topological polar surface area (TPSA) is 146 Å². The summed E-state index contributed by atoms with van der Waals surface area (Å²) in [5.41, 5.74) is 2.07. The Morgan fingerprint density at radius 2 is 1.38 bits per heavy atom. The first-order valence-electron chi connectivity index (χ1n) is 13.5. The first-order valence-corrected chi connectivity index (χ1v) is 13.5. The van der Waals surface area contributed by atoms with Gasteiger partial charge in [-0.2, -0.15) is 0 Å². The number of phenols is 2. The molecule has 5 rings (SSSR count). The molecular formula is C31H36O11. The number of phenolic OH excluding ortho intramolecular Hbond substituents is 2. The summed E-state index contributed by atoms with van der Waals surface area (Å²) in [5.74, 6) is 1.57. The number of benzene rings is 3. The van der Waals surface area contributed by atoms with Gasteiger partial charge in [0.1, 0.15) is 17.6 Å². The number of aliphatic hydroxyl groups excluding tert-OH is 2. The number of hydrogen-bond donors (Lipinski definition) is 4. The number of hydrogen-bond acceptors (Lipinski definition) is 11. The monoisotopic (exact) mass is 584 g/mol. The quantitative estimate of drug-likeness (QED) is 0.262. The molecule has 0 aromatic heterocycles. The van der Waals surface area contributed by atoms with Crippen LogP contribution < -0.4 is 23.7 Å². The molecule has 11 nitrogen and oxygen atoms in total. The summed E-state index contributed by atoms with van der Waals surface area (Å²) in [6.07, 6.45) is -2.79. The van der Waals surface area contributed by atoms with Crippen LogP contribution in [0.5, 0.6) is 40.2 Å². The molecule has 2 fully saturated rings. The van der Waals surface area contributed by atoms with Crippen molar-refractivity contribution in [3.63, 3.8) is 0 Å². The molecule has 0 saturated carbocycles. The molecule has 6 atom stereocenters. The van der Waals surface area contributed by atoms with Crippen LogP contribution in [0.25, 0.3) is 0 Å². The van der Waals surface area contributed by atoms with Gasteiger partial charge in [-0.25, -0.2) is 0 Å². The Labute approximate surface area is 243 Å². The predicted octanol–water partition coefficient (Wildman–Crippen LogP) is 3.68. The second kappa shape index (κ2) is 12.5. The van der Waals surface area contributed by atoms with E-state index in [0.717, 1.165) is 11.1 Å². The molecule has 2 aliphatic rings. The lowest BCUT2D eigenvalue weighted by molar-refractivity contribution is 0.000276. The first-order chi connectivity index (χ1) is 20.3. The molecular weight excluding hydrogens is 548 g/mol. The maximum Gasteiger partial charge on any atom is 0.200 e.